The van der Waals surface area contributed by atoms with Gasteiger partial charge in [-0.15, -0.1) is 0 Å². The monoisotopic (exact) mass is 1780 g/mol. The lowest BCUT2D eigenvalue weighted by atomic mass is 9.51. The molecule has 4 aliphatic carbocycles. The van der Waals surface area contributed by atoms with E-state index >= 15 is 0 Å². The fourth-order valence-electron chi connectivity index (χ4n) is 24.6. The number of hydrogen-bond acceptors (Lipinski definition) is 2. The first kappa shape index (κ1) is 82.8. The highest BCUT2D eigenvalue weighted by Gasteiger charge is 2.59. The standard InChI is InChI=1S/C72H49N.C66H45N/c1-4-19-50(20-5-1)52-37-43-59(44-38-52)73(60-45-39-53(40-46-60)56-36-35-51-21-10-11-22-55(51)49-56)61-47-41-54(42-48-61)62-28-18-34-69-70(62)63-27-12-13-29-64(63)72(69)67-32-16-14-30-65(67)71(57-23-6-2-7-24-57,58-25-8-3-9-26-58)66-31-15-17-33-68(66)72;1-4-19-46(20-5-1)48-37-41-54(42-38-48)67(55-43-39-49(40-44-55)51-36-35-47-21-10-11-22-50(47)45-51)63-34-18-33-62-64(63)56-27-12-13-28-57(56)66(62)60-31-16-14-29-58(60)65(52-23-6-2-7-24-52,53-25-8-3-9-26-53)59-30-15-17-32-61(59)66/h1-49H;1-45H. The predicted molar refractivity (Wildman–Crippen MR) is 583 cm³/mol. The van der Waals surface area contributed by atoms with Crippen LogP contribution in [0, 0.1) is 0 Å². The normalized spacial score (nSPS) is 13.5. The van der Waals surface area contributed by atoms with Gasteiger partial charge < -0.3 is 9.80 Å². The highest BCUT2D eigenvalue weighted by molar-refractivity contribution is 6.02. The lowest BCUT2D eigenvalue weighted by Crippen LogP contribution is -2.44. The summed E-state index contributed by atoms with van der Waals surface area (Å²) in [6, 6.07) is 212. The second-order valence-electron chi connectivity index (χ2n) is 37.4. The molecule has 0 saturated carbocycles. The summed E-state index contributed by atoms with van der Waals surface area (Å²) < 4.78 is 0. The summed E-state index contributed by atoms with van der Waals surface area (Å²) in [5.74, 6) is 0. The molecule has 2 nitrogen and oxygen atoms in total. The smallest absolute Gasteiger partial charge is 0.0720 e. The lowest BCUT2D eigenvalue weighted by molar-refractivity contribution is 0.623. The van der Waals surface area contributed by atoms with Gasteiger partial charge >= 0.3 is 0 Å². The quantitative estimate of drug-likeness (QED) is 0.101. The molecule has 23 aromatic rings. The molecule has 0 bridgehead atoms. The van der Waals surface area contributed by atoms with Crippen molar-refractivity contribution in [3.63, 3.8) is 0 Å². The van der Waals surface area contributed by atoms with Crippen molar-refractivity contribution in [2.24, 2.45) is 0 Å². The molecule has 0 aliphatic heterocycles. The summed E-state index contributed by atoms with van der Waals surface area (Å²) in [4.78, 5) is 4.86. The molecule has 140 heavy (non-hydrogen) atoms. The summed E-state index contributed by atoms with van der Waals surface area (Å²) in [6.07, 6.45) is 0. The lowest BCUT2D eigenvalue weighted by Gasteiger charge is -2.50. The van der Waals surface area contributed by atoms with E-state index in [1.165, 1.54) is 188 Å². The van der Waals surface area contributed by atoms with Gasteiger partial charge in [-0.25, -0.2) is 0 Å². The van der Waals surface area contributed by atoms with Gasteiger partial charge in [0.05, 0.1) is 27.3 Å². The van der Waals surface area contributed by atoms with E-state index in [-0.39, 0.29) is 0 Å². The van der Waals surface area contributed by atoms with E-state index in [0.717, 1.165) is 34.1 Å². The molecule has 0 unspecified atom stereocenters. The van der Waals surface area contributed by atoms with Crippen molar-refractivity contribution in [2.45, 2.75) is 21.7 Å². The molecule has 0 fully saturated rings. The molecule has 23 aromatic carbocycles. The van der Waals surface area contributed by atoms with E-state index in [4.69, 9.17) is 0 Å². The van der Waals surface area contributed by atoms with Crippen molar-refractivity contribution in [3.05, 3.63) is 659 Å². The Hall–Kier alpha value is -17.8. The molecule has 2 heteroatoms. The number of nitrogens with zero attached hydrogens (tertiary/aromatic N) is 2. The Morgan fingerprint density at radius 1 is 0.121 bits per heavy atom. The van der Waals surface area contributed by atoms with Gasteiger partial charge in [-0.3, -0.25) is 0 Å². The maximum absolute atomic E-state index is 2.48. The third kappa shape index (κ3) is 13.0. The van der Waals surface area contributed by atoms with Crippen LogP contribution in [-0.2, 0) is 21.7 Å². The Morgan fingerprint density at radius 3 is 0.700 bits per heavy atom. The van der Waals surface area contributed by atoms with Crippen LogP contribution in [0.15, 0.2) is 570 Å². The first-order valence-corrected chi connectivity index (χ1v) is 48.7. The number of hydrogen-bond donors (Lipinski definition) is 0. The van der Waals surface area contributed by atoms with Crippen molar-refractivity contribution in [1.29, 1.82) is 0 Å². The first-order chi connectivity index (χ1) is 69.4. The summed E-state index contributed by atoms with van der Waals surface area (Å²) in [5, 5.41) is 4.98. The van der Waals surface area contributed by atoms with Gasteiger partial charge in [0.25, 0.3) is 0 Å². The van der Waals surface area contributed by atoms with E-state index in [9.17, 15) is 0 Å². The van der Waals surface area contributed by atoms with E-state index < -0.39 is 21.7 Å². The zero-order valence-electron chi connectivity index (χ0n) is 77.2. The van der Waals surface area contributed by atoms with Crippen LogP contribution >= 0.6 is 0 Å². The van der Waals surface area contributed by atoms with Crippen LogP contribution in [0.4, 0.5) is 34.1 Å². The molecule has 0 heterocycles. The fraction of sp³-hybridized carbons (Fsp3) is 0.0290. The molecular weight excluding hydrogens is 1690 g/mol. The minimum Gasteiger partial charge on any atom is -0.311 e. The average molecular weight is 1780 g/mol. The second-order valence-corrected chi connectivity index (χ2v) is 37.4. The Balaban J connectivity index is 0.000000145. The largest absolute Gasteiger partial charge is 0.311 e. The van der Waals surface area contributed by atoms with E-state index in [2.05, 4.69) is 580 Å². The highest BCUT2D eigenvalue weighted by Crippen LogP contribution is 2.69. The topological polar surface area (TPSA) is 6.48 Å². The minimum atomic E-state index is -0.606. The molecule has 4 aliphatic rings. The number of benzene rings is 23. The summed E-state index contributed by atoms with van der Waals surface area (Å²) >= 11 is 0. The van der Waals surface area contributed by atoms with Gasteiger partial charge in [0, 0.05) is 34.0 Å². The van der Waals surface area contributed by atoms with Crippen molar-refractivity contribution in [1.82, 2.24) is 0 Å². The van der Waals surface area contributed by atoms with Crippen LogP contribution < -0.4 is 9.80 Å². The van der Waals surface area contributed by atoms with E-state index in [1.54, 1.807) is 0 Å². The van der Waals surface area contributed by atoms with Crippen molar-refractivity contribution >= 4 is 55.7 Å². The molecule has 0 amide bonds. The molecule has 27 rings (SSSR count). The first-order valence-electron chi connectivity index (χ1n) is 48.7. The van der Waals surface area contributed by atoms with E-state index in [1.807, 2.05) is 0 Å². The van der Waals surface area contributed by atoms with Gasteiger partial charge in [0.2, 0.25) is 0 Å². The zero-order valence-corrected chi connectivity index (χ0v) is 77.2. The van der Waals surface area contributed by atoms with E-state index in [0.29, 0.717) is 0 Å². The Kier molecular flexibility index (Phi) is 20.2. The van der Waals surface area contributed by atoms with Crippen molar-refractivity contribution in [2.75, 3.05) is 9.80 Å². The molecular formula is C138H94N2. The van der Waals surface area contributed by atoms with Crippen molar-refractivity contribution < 1.29 is 0 Å². The molecule has 0 atom stereocenters. The van der Waals surface area contributed by atoms with Gasteiger partial charge in [0.15, 0.2) is 0 Å². The Bertz CT molecular complexity index is 8440. The SMILES string of the molecule is c1ccc(-c2ccc(N(c3ccc(-c4ccc5ccccc5c4)cc3)c3ccc(-c4cccc5c4-c4ccccc4C54c5ccccc5C(c5ccccc5)(c5ccccc5)c5ccccc54)cc3)cc2)cc1.c1ccc(-c2ccc(N(c3ccc(-c4ccc5ccccc5c4)cc3)c3cccc4c3-c3ccccc3C43c4ccccc4C(c4ccccc4)(c4ccccc4)c4ccccc43)cc2)cc1. The van der Waals surface area contributed by atoms with Crippen LogP contribution in [0.3, 0.4) is 0 Å². The fourth-order valence-corrected chi connectivity index (χ4v) is 24.6. The summed E-state index contributed by atoms with van der Waals surface area (Å²) in [6.45, 7) is 0. The maximum Gasteiger partial charge on any atom is 0.0720 e. The van der Waals surface area contributed by atoms with Crippen molar-refractivity contribution in [3.8, 4) is 77.9 Å². The Morgan fingerprint density at radius 2 is 0.350 bits per heavy atom. The molecule has 656 valence electrons. The predicted octanol–water partition coefficient (Wildman–Crippen LogP) is 35.1. The van der Waals surface area contributed by atoms with Gasteiger partial charge in [-0.1, -0.05) is 491 Å². The van der Waals surface area contributed by atoms with Gasteiger partial charge in [-0.05, 0) is 262 Å². The maximum atomic E-state index is 2.48. The van der Waals surface area contributed by atoms with Crippen LogP contribution in [0.5, 0.6) is 0 Å². The van der Waals surface area contributed by atoms with Crippen LogP contribution in [-0.4, -0.2) is 0 Å². The third-order valence-electron chi connectivity index (χ3n) is 30.4. The van der Waals surface area contributed by atoms with Gasteiger partial charge in [0.1, 0.15) is 0 Å². The zero-order chi connectivity index (χ0) is 92.7. The number of fused-ring (bicyclic) bond motifs is 20. The molecule has 0 radical (unpaired) electrons. The summed E-state index contributed by atoms with van der Waals surface area (Å²) in [7, 11) is 0. The molecule has 0 saturated heterocycles. The van der Waals surface area contributed by atoms with Crippen LogP contribution in [0.1, 0.15) is 89.0 Å². The molecule has 0 N–H and O–H groups in total. The number of anilines is 6. The molecule has 2 spiro atoms. The third-order valence-corrected chi connectivity index (χ3v) is 30.4. The Labute approximate surface area is 818 Å². The van der Waals surface area contributed by atoms with Gasteiger partial charge in [-0.2, -0.15) is 0 Å². The summed E-state index contributed by atoms with van der Waals surface area (Å²) in [5.41, 5.74) is 42.2. The number of rotatable bonds is 15. The highest BCUT2D eigenvalue weighted by atomic mass is 15.2. The van der Waals surface area contributed by atoms with Crippen LogP contribution in [0.2, 0.25) is 0 Å². The van der Waals surface area contributed by atoms with Crippen LogP contribution in [0.25, 0.3) is 99.4 Å². The second kappa shape index (κ2) is 34.2. The molecule has 0 aromatic heterocycles. The average Bonchev–Trinajstić information content (AvgIpc) is 1.43. The minimum absolute atomic E-state index is 0.545.